The van der Waals surface area contributed by atoms with Crippen molar-refractivity contribution in [1.82, 2.24) is 24.6 Å². The molecule has 38 heavy (non-hydrogen) atoms. The lowest BCUT2D eigenvalue weighted by atomic mass is 9.74. The Bertz CT molecular complexity index is 1380. The number of nitrogens with zero attached hydrogens (tertiary/aromatic N) is 5. The number of carbonyl (C=O) groups is 1. The van der Waals surface area contributed by atoms with Crippen molar-refractivity contribution in [3.63, 3.8) is 0 Å². The molecule has 1 unspecified atom stereocenters. The smallest absolute Gasteiger partial charge is 0.274 e. The van der Waals surface area contributed by atoms with E-state index in [2.05, 4.69) is 26.5 Å². The minimum absolute atomic E-state index is 0.241. The van der Waals surface area contributed by atoms with Gasteiger partial charge in [-0.05, 0) is 79.5 Å². The van der Waals surface area contributed by atoms with Gasteiger partial charge in [0.2, 0.25) is 0 Å². The minimum atomic E-state index is -1.38. The number of hydrogen-bond acceptors (Lipinski definition) is 6. The summed E-state index contributed by atoms with van der Waals surface area (Å²) >= 11 is 0. The molecule has 2 aliphatic carbocycles. The zero-order valence-electron chi connectivity index (χ0n) is 21.7. The van der Waals surface area contributed by atoms with Crippen LogP contribution in [0.4, 0.5) is 10.1 Å². The number of halogens is 1. The van der Waals surface area contributed by atoms with Gasteiger partial charge in [0.1, 0.15) is 12.0 Å². The number of ether oxygens (including phenoxy) is 1. The second kappa shape index (κ2) is 8.95. The van der Waals surface area contributed by atoms with Crippen LogP contribution in [0.15, 0.2) is 42.7 Å². The Kier molecular flexibility index (Phi) is 5.63. The molecular formula is C29H33FN6O2. The highest BCUT2D eigenvalue weighted by Crippen LogP contribution is 2.53. The molecule has 1 aromatic carbocycles. The average Bonchev–Trinajstić information content (AvgIpc) is 3.78. The van der Waals surface area contributed by atoms with Crippen LogP contribution in [0.2, 0.25) is 0 Å². The molecule has 1 N–H and O–H groups in total. The summed E-state index contributed by atoms with van der Waals surface area (Å²) in [5, 5.41) is 10.8. The molecule has 0 bridgehead atoms. The molecule has 3 aromatic rings. The molecule has 1 amide bonds. The van der Waals surface area contributed by atoms with Crippen LogP contribution in [0.25, 0.3) is 0 Å². The number of anilines is 1. The third kappa shape index (κ3) is 4.31. The lowest BCUT2D eigenvalue weighted by molar-refractivity contribution is -0.102. The quantitative estimate of drug-likeness (QED) is 0.481. The van der Waals surface area contributed by atoms with Crippen LogP contribution in [0.1, 0.15) is 77.3 Å². The van der Waals surface area contributed by atoms with Gasteiger partial charge in [-0.2, -0.15) is 0 Å². The summed E-state index contributed by atoms with van der Waals surface area (Å²) in [5.74, 6) is 0.482. The first-order valence-electron chi connectivity index (χ1n) is 13.6. The zero-order valence-corrected chi connectivity index (χ0v) is 21.7. The number of amides is 1. The number of aryl methyl sites for hydroxylation is 1. The summed E-state index contributed by atoms with van der Waals surface area (Å²) in [6.07, 6.45) is 6.38. The molecule has 198 valence electrons. The summed E-state index contributed by atoms with van der Waals surface area (Å²) in [4.78, 5) is 20.7. The van der Waals surface area contributed by atoms with E-state index in [1.807, 2.05) is 30.3 Å². The molecule has 2 saturated carbocycles. The normalized spacial score (nSPS) is 22.3. The van der Waals surface area contributed by atoms with Gasteiger partial charge in [0.25, 0.3) is 5.91 Å². The van der Waals surface area contributed by atoms with Gasteiger partial charge < -0.3 is 14.6 Å². The van der Waals surface area contributed by atoms with E-state index in [1.54, 1.807) is 11.6 Å². The second-order valence-corrected chi connectivity index (χ2v) is 11.9. The first kappa shape index (κ1) is 23.9. The molecule has 2 aliphatic heterocycles. The number of alkyl halides is 1. The summed E-state index contributed by atoms with van der Waals surface area (Å²) in [6, 6.07) is 11.5. The number of pyridine rings is 1. The summed E-state index contributed by atoms with van der Waals surface area (Å²) in [6.45, 7) is 3.64. The SMILES string of the molecule is Cn1cnnc1C(F)C1(c2cccc(NC(=O)c3cc(CN4CCC5(CC5)C4)cc(C4CC4)n3)c2)COC1. The van der Waals surface area contributed by atoms with Crippen LogP contribution in [-0.2, 0) is 23.7 Å². The predicted molar refractivity (Wildman–Crippen MR) is 140 cm³/mol. The summed E-state index contributed by atoms with van der Waals surface area (Å²) in [7, 11) is 1.73. The maximum absolute atomic E-state index is 15.8. The Morgan fingerprint density at radius 2 is 2.05 bits per heavy atom. The van der Waals surface area contributed by atoms with Gasteiger partial charge in [0, 0.05) is 37.4 Å². The molecule has 8 nitrogen and oxygen atoms in total. The van der Waals surface area contributed by atoms with Gasteiger partial charge in [-0.1, -0.05) is 12.1 Å². The third-order valence-corrected chi connectivity index (χ3v) is 8.89. The Hall–Kier alpha value is -3.17. The third-order valence-electron chi connectivity index (χ3n) is 8.89. The Balaban J connectivity index is 1.11. The van der Waals surface area contributed by atoms with Crippen LogP contribution in [0.5, 0.6) is 0 Å². The van der Waals surface area contributed by atoms with Gasteiger partial charge in [-0.15, -0.1) is 10.2 Å². The molecule has 0 radical (unpaired) electrons. The molecule has 4 heterocycles. The number of benzene rings is 1. The van der Waals surface area contributed by atoms with Crippen molar-refractivity contribution in [2.45, 2.75) is 56.2 Å². The highest BCUT2D eigenvalue weighted by molar-refractivity contribution is 6.03. The second-order valence-electron chi connectivity index (χ2n) is 11.9. The van der Waals surface area contributed by atoms with E-state index in [0.717, 1.165) is 49.3 Å². The van der Waals surface area contributed by atoms with E-state index < -0.39 is 11.6 Å². The Labute approximate surface area is 221 Å². The number of likely N-dealkylation sites (tertiary alicyclic amines) is 1. The number of rotatable bonds is 8. The fourth-order valence-electron chi connectivity index (χ4n) is 6.06. The van der Waals surface area contributed by atoms with Gasteiger partial charge in [-0.3, -0.25) is 9.69 Å². The first-order valence-corrected chi connectivity index (χ1v) is 13.6. The lowest BCUT2D eigenvalue weighted by Crippen LogP contribution is -2.50. The fraction of sp³-hybridized carbons (Fsp3) is 0.517. The average molecular weight is 517 g/mol. The summed E-state index contributed by atoms with van der Waals surface area (Å²) in [5.41, 5.74) is 3.71. The van der Waals surface area contributed by atoms with Crippen LogP contribution in [0.3, 0.4) is 0 Å². The number of aromatic nitrogens is 4. The molecule has 2 saturated heterocycles. The first-order chi connectivity index (χ1) is 18.4. The van der Waals surface area contributed by atoms with Gasteiger partial charge in [0.05, 0.1) is 18.6 Å². The molecule has 4 fully saturated rings. The van der Waals surface area contributed by atoms with E-state index in [-0.39, 0.29) is 24.9 Å². The highest BCUT2D eigenvalue weighted by Gasteiger charge is 2.50. The molecule has 2 aromatic heterocycles. The maximum Gasteiger partial charge on any atom is 0.274 e. The van der Waals surface area contributed by atoms with Crippen LogP contribution < -0.4 is 5.32 Å². The van der Waals surface area contributed by atoms with Crippen LogP contribution in [-0.4, -0.2) is 56.9 Å². The van der Waals surface area contributed by atoms with Crippen LogP contribution in [0, 0.1) is 5.41 Å². The maximum atomic E-state index is 15.8. The Morgan fingerprint density at radius 1 is 1.21 bits per heavy atom. The van der Waals surface area contributed by atoms with E-state index in [1.165, 1.54) is 25.6 Å². The zero-order chi connectivity index (χ0) is 25.9. The molecule has 4 aliphatic rings. The van der Waals surface area contributed by atoms with E-state index >= 15 is 4.39 Å². The van der Waals surface area contributed by atoms with Gasteiger partial charge >= 0.3 is 0 Å². The number of nitrogens with one attached hydrogen (secondary N) is 1. The van der Waals surface area contributed by atoms with Crippen molar-refractivity contribution >= 4 is 11.6 Å². The molecule has 1 atom stereocenters. The predicted octanol–water partition coefficient (Wildman–Crippen LogP) is 4.30. The monoisotopic (exact) mass is 516 g/mol. The molecule has 7 rings (SSSR count). The minimum Gasteiger partial charge on any atom is -0.379 e. The standard InChI is InChI=1S/C29H33FN6O2/c1-35-18-31-34-26(35)25(30)29(16-38-17-29)21-3-2-4-22(13-21)32-27(37)24-12-19(11-23(33-24)20-5-6-20)14-36-10-9-28(15-36)7-8-28/h2-4,11-13,18,20,25H,5-10,14-17H2,1H3,(H,32,37). The highest BCUT2D eigenvalue weighted by atomic mass is 19.1. The molecular weight excluding hydrogens is 483 g/mol. The summed E-state index contributed by atoms with van der Waals surface area (Å²) < 4.78 is 22.8. The van der Waals surface area contributed by atoms with Crippen molar-refractivity contribution in [2.75, 3.05) is 31.6 Å². The van der Waals surface area contributed by atoms with Crippen molar-refractivity contribution in [1.29, 1.82) is 0 Å². The van der Waals surface area contributed by atoms with Crippen molar-refractivity contribution in [3.05, 3.63) is 71.1 Å². The van der Waals surface area contributed by atoms with Crippen molar-refractivity contribution in [3.8, 4) is 0 Å². The van der Waals surface area contributed by atoms with E-state index in [0.29, 0.717) is 22.7 Å². The topological polar surface area (TPSA) is 85.2 Å². The number of carbonyl (C=O) groups excluding carboxylic acids is 1. The van der Waals surface area contributed by atoms with Gasteiger partial charge in [0.15, 0.2) is 12.0 Å². The van der Waals surface area contributed by atoms with Crippen LogP contribution >= 0.6 is 0 Å². The lowest BCUT2D eigenvalue weighted by Gasteiger charge is -2.43. The van der Waals surface area contributed by atoms with Gasteiger partial charge in [-0.25, -0.2) is 9.37 Å². The van der Waals surface area contributed by atoms with E-state index in [9.17, 15) is 4.79 Å². The fourth-order valence-corrected chi connectivity index (χ4v) is 6.06. The molecule has 1 spiro atoms. The Morgan fingerprint density at radius 3 is 2.71 bits per heavy atom. The van der Waals surface area contributed by atoms with E-state index in [4.69, 9.17) is 9.72 Å². The largest absolute Gasteiger partial charge is 0.379 e. The number of hydrogen-bond donors (Lipinski definition) is 1. The van der Waals surface area contributed by atoms with Crippen molar-refractivity contribution in [2.24, 2.45) is 12.5 Å². The molecule has 9 heteroatoms. The van der Waals surface area contributed by atoms with Crippen molar-refractivity contribution < 1.29 is 13.9 Å².